The van der Waals surface area contributed by atoms with Crippen LogP contribution < -0.4 is 14.8 Å². The van der Waals surface area contributed by atoms with Crippen molar-refractivity contribution in [1.29, 1.82) is 0 Å². The number of carbonyl (C=O) groups is 1. The molecule has 25 heavy (non-hydrogen) atoms. The molecule has 1 N–H and O–H groups in total. The number of hydrogen-bond acceptors (Lipinski definition) is 4. The fourth-order valence-corrected chi connectivity index (χ4v) is 3.31. The van der Waals surface area contributed by atoms with Gasteiger partial charge in [0.1, 0.15) is 13.2 Å². The summed E-state index contributed by atoms with van der Waals surface area (Å²) in [6.07, 6.45) is 1.01. The second-order valence-corrected chi connectivity index (χ2v) is 6.56. The van der Waals surface area contributed by atoms with E-state index >= 15 is 0 Å². The summed E-state index contributed by atoms with van der Waals surface area (Å²) in [6.45, 7) is 5.57. The first kappa shape index (κ1) is 17.6. The number of halogens is 1. The maximum absolute atomic E-state index is 12.2. The van der Waals surface area contributed by atoms with Crippen molar-refractivity contribution in [2.45, 2.75) is 26.7 Å². The number of aromatic nitrogens is 2. The molecule has 0 aliphatic carbocycles. The number of ether oxygens (including phenoxy) is 2. The Morgan fingerprint density at radius 1 is 1.32 bits per heavy atom. The van der Waals surface area contributed by atoms with Gasteiger partial charge in [0, 0.05) is 19.3 Å². The summed E-state index contributed by atoms with van der Waals surface area (Å²) < 4.78 is 12.9. The summed E-state index contributed by atoms with van der Waals surface area (Å²) in [5.74, 6) is 1.11. The van der Waals surface area contributed by atoms with Gasteiger partial charge < -0.3 is 14.8 Å². The summed E-state index contributed by atoms with van der Waals surface area (Å²) in [4.78, 5) is 12.2. The van der Waals surface area contributed by atoms with Crippen molar-refractivity contribution in [3.63, 3.8) is 0 Å². The minimum absolute atomic E-state index is 0.0491. The first-order chi connectivity index (χ1) is 12.0. The molecule has 134 valence electrons. The second-order valence-electron chi connectivity index (χ2n) is 6.15. The molecule has 2 heterocycles. The first-order valence-electron chi connectivity index (χ1n) is 8.29. The molecule has 6 nitrogen and oxygen atoms in total. The number of aryl methyl sites for hydroxylation is 2. The molecule has 1 aliphatic heterocycles. The fraction of sp³-hybridized carbons (Fsp3) is 0.444. The van der Waals surface area contributed by atoms with E-state index in [-0.39, 0.29) is 12.3 Å². The van der Waals surface area contributed by atoms with Crippen LogP contribution in [0.5, 0.6) is 11.5 Å². The number of fused-ring (bicyclic) bond motifs is 1. The van der Waals surface area contributed by atoms with Crippen molar-refractivity contribution in [2.75, 3.05) is 19.8 Å². The monoisotopic (exact) mass is 363 g/mol. The minimum Gasteiger partial charge on any atom is -0.486 e. The molecule has 1 aliphatic rings. The van der Waals surface area contributed by atoms with E-state index in [1.165, 1.54) is 5.56 Å². The van der Waals surface area contributed by atoms with Crippen molar-refractivity contribution in [1.82, 2.24) is 15.1 Å². The highest BCUT2D eigenvalue weighted by Gasteiger charge is 2.17. The number of rotatable bonds is 5. The zero-order chi connectivity index (χ0) is 18.0. The third-order valence-corrected chi connectivity index (χ3v) is 4.66. The molecule has 3 rings (SSSR count). The summed E-state index contributed by atoms with van der Waals surface area (Å²) >= 11 is 6.21. The maximum Gasteiger partial charge on any atom is 0.224 e. The van der Waals surface area contributed by atoms with Crippen LogP contribution in [0.15, 0.2) is 12.1 Å². The van der Waals surface area contributed by atoms with Crippen molar-refractivity contribution in [3.05, 3.63) is 39.7 Å². The van der Waals surface area contributed by atoms with Crippen LogP contribution in [0.25, 0.3) is 0 Å². The molecule has 0 bridgehead atoms. The quantitative estimate of drug-likeness (QED) is 0.885. The van der Waals surface area contributed by atoms with Crippen molar-refractivity contribution in [3.8, 4) is 11.5 Å². The van der Waals surface area contributed by atoms with E-state index in [1.807, 2.05) is 31.6 Å². The lowest BCUT2D eigenvalue weighted by molar-refractivity contribution is -0.120. The van der Waals surface area contributed by atoms with Gasteiger partial charge in [-0.1, -0.05) is 11.6 Å². The number of nitrogens with zero attached hydrogens (tertiary/aromatic N) is 2. The topological polar surface area (TPSA) is 65.4 Å². The van der Waals surface area contributed by atoms with Crippen molar-refractivity contribution in [2.24, 2.45) is 7.05 Å². The number of hydrogen-bond donors (Lipinski definition) is 1. The van der Waals surface area contributed by atoms with Crippen LogP contribution in [0, 0.1) is 13.8 Å². The van der Waals surface area contributed by atoms with Gasteiger partial charge in [0.05, 0.1) is 17.1 Å². The number of carbonyl (C=O) groups excluding carboxylic acids is 1. The molecule has 1 amide bonds. The standard InChI is InChI=1S/C18H22ClN3O3/c1-11-14(12(2)22(3)21-11)4-5-20-17(23)10-13-8-15(19)18-16(9-13)24-6-7-25-18/h8-9H,4-7,10H2,1-3H3,(H,20,23). The largest absolute Gasteiger partial charge is 0.486 e. The highest BCUT2D eigenvalue weighted by atomic mass is 35.5. The predicted octanol–water partition coefficient (Wildman–Crippen LogP) is 2.36. The Morgan fingerprint density at radius 2 is 2.08 bits per heavy atom. The summed E-state index contributed by atoms with van der Waals surface area (Å²) in [5, 5.41) is 7.82. The SMILES string of the molecule is Cc1nn(C)c(C)c1CCNC(=O)Cc1cc(Cl)c2c(c1)OCCO2. The van der Waals surface area contributed by atoms with Gasteiger partial charge in [-0.05, 0) is 43.5 Å². The lowest BCUT2D eigenvalue weighted by atomic mass is 10.1. The highest BCUT2D eigenvalue weighted by molar-refractivity contribution is 6.32. The fourth-order valence-electron chi connectivity index (χ4n) is 3.02. The third-order valence-electron chi connectivity index (χ3n) is 4.38. The summed E-state index contributed by atoms with van der Waals surface area (Å²) in [7, 11) is 1.93. The van der Waals surface area contributed by atoms with Crippen LogP contribution in [0.4, 0.5) is 0 Å². The Bertz CT molecular complexity index is 801. The molecule has 0 atom stereocenters. The average molecular weight is 364 g/mol. The second kappa shape index (κ2) is 7.35. The average Bonchev–Trinajstić information content (AvgIpc) is 2.81. The molecule has 0 spiro atoms. The van der Waals surface area contributed by atoms with Crippen LogP contribution in [0.1, 0.15) is 22.5 Å². The molecule has 0 fully saturated rings. The van der Waals surface area contributed by atoms with Gasteiger partial charge in [-0.2, -0.15) is 5.10 Å². The number of nitrogens with one attached hydrogen (secondary N) is 1. The van der Waals surface area contributed by atoms with Crippen LogP contribution in [-0.4, -0.2) is 35.4 Å². The Balaban J connectivity index is 1.57. The van der Waals surface area contributed by atoms with Crippen LogP contribution in [0.3, 0.4) is 0 Å². The molecule has 0 unspecified atom stereocenters. The molecule has 7 heteroatoms. The van der Waals surface area contributed by atoms with E-state index in [0.29, 0.717) is 36.3 Å². The Kier molecular flexibility index (Phi) is 5.18. The smallest absolute Gasteiger partial charge is 0.224 e. The minimum atomic E-state index is -0.0491. The Hall–Kier alpha value is -2.21. The van der Waals surface area contributed by atoms with Gasteiger partial charge in [-0.15, -0.1) is 0 Å². The highest BCUT2D eigenvalue weighted by Crippen LogP contribution is 2.38. The predicted molar refractivity (Wildman–Crippen MR) is 95.5 cm³/mol. The molecule has 0 saturated carbocycles. The lowest BCUT2D eigenvalue weighted by Crippen LogP contribution is -2.27. The van der Waals surface area contributed by atoms with E-state index in [0.717, 1.165) is 23.4 Å². The van der Waals surface area contributed by atoms with E-state index in [2.05, 4.69) is 10.4 Å². The lowest BCUT2D eigenvalue weighted by Gasteiger charge is -2.20. The van der Waals surface area contributed by atoms with E-state index in [4.69, 9.17) is 21.1 Å². The van der Waals surface area contributed by atoms with E-state index in [9.17, 15) is 4.79 Å². The first-order valence-corrected chi connectivity index (χ1v) is 8.67. The zero-order valence-corrected chi connectivity index (χ0v) is 15.4. The van der Waals surface area contributed by atoms with E-state index < -0.39 is 0 Å². The number of benzene rings is 1. The third kappa shape index (κ3) is 3.90. The molecule has 0 saturated heterocycles. The van der Waals surface area contributed by atoms with Gasteiger partial charge in [-0.3, -0.25) is 9.48 Å². The molecular formula is C18H22ClN3O3. The van der Waals surface area contributed by atoms with Crippen molar-refractivity contribution < 1.29 is 14.3 Å². The van der Waals surface area contributed by atoms with Gasteiger partial charge in [0.15, 0.2) is 11.5 Å². The van der Waals surface area contributed by atoms with Gasteiger partial charge >= 0.3 is 0 Å². The maximum atomic E-state index is 12.2. The Labute approximate surface area is 152 Å². The molecule has 0 radical (unpaired) electrons. The summed E-state index contributed by atoms with van der Waals surface area (Å²) in [5.41, 5.74) is 4.13. The molecular weight excluding hydrogens is 342 g/mol. The van der Waals surface area contributed by atoms with E-state index in [1.54, 1.807) is 6.07 Å². The van der Waals surface area contributed by atoms with Gasteiger partial charge in [0.2, 0.25) is 5.91 Å². The van der Waals surface area contributed by atoms with Crippen molar-refractivity contribution >= 4 is 17.5 Å². The van der Waals surface area contributed by atoms with Crippen LogP contribution >= 0.6 is 11.6 Å². The van der Waals surface area contributed by atoms with Gasteiger partial charge in [0.25, 0.3) is 0 Å². The zero-order valence-electron chi connectivity index (χ0n) is 14.7. The summed E-state index contributed by atoms with van der Waals surface area (Å²) in [6, 6.07) is 3.57. The van der Waals surface area contributed by atoms with Crippen LogP contribution in [-0.2, 0) is 24.7 Å². The Morgan fingerprint density at radius 3 is 2.80 bits per heavy atom. The number of amides is 1. The normalized spacial score (nSPS) is 13.0. The molecule has 1 aromatic carbocycles. The molecule has 2 aromatic rings. The van der Waals surface area contributed by atoms with Crippen LogP contribution in [0.2, 0.25) is 5.02 Å². The molecule has 1 aromatic heterocycles. The van der Waals surface area contributed by atoms with Gasteiger partial charge in [-0.25, -0.2) is 0 Å².